The molecule has 1 saturated carbocycles. The van der Waals surface area contributed by atoms with Gasteiger partial charge < -0.3 is 11.1 Å². The molecule has 7 heteroatoms. The fourth-order valence-electron chi connectivity index (χ4n) is 3.36. The number of rotatable bonds is 4. The van der Waals surface area contributed by atoms with Crippen molar-refractivity contribution in [3.63, 3.8) is 0 Å². The zero-order valence-electron chi connectivity index (χ0n) is 14.0. The molecule has 0 radical (unpaired) electrons. The van der Waals surface area contributed by atoms with Gasteiger partial charge >= 0.3 is 0 Å². The molecule has 6 nitrogen and oxygen atoms in total. The van der Waals surface area contributed by atoms with E-state index in [0.29, 0.717) is 29.0 Å². The Morgan fingerprint density at radius 3 is 2.88 bits per heavy atom. The Bertz CT molecular complexity index is 942. The lowest BCUT2D eigenvalue weighted by Gasteiger charge is -2.17. The number of nitrogens with zero attached hydrogens (tertiary/aromatic N) is 3. The zero-order chi connectivity index (χ0) is 17.4. The SMILES string of the molecule is Cc1nc2ccc(C(=N)c3c(N)ncnc3NC3CCCC3)cc2s1. The molecule has 25 heavy (non-hydrogen) atoms. The van der Waals surface area contributed by atoms with Crippen LogP contribution in [0.15, 0.2) is 24.5 Å². The molecule has 4 rings (SSSR count). The summed E-state index contributed by atoms with van der Waals surface area (Å²) in [5.74, 6) is 0.992. The van der Waals surface area contributed by atoms with Crippen LogP contribution in [0.25, 0.3) is 10.2 Å². The van der Waals surface area contributed by atoms with Crippen molar-refractivity contribution in [3.8, 4) is 0 Å². The van der Waals surface area contributed by atoms with Gasteiger partial charge in [0.25, 0.3) is 0 Å². The van der Waals surface area contributed by atoms with Crippen LogP contribution in [0.5, 0.6) is 0 Å². The van der Waals surface area contributed by atoms with Gasteiger partial charge in [-0.2, -0.15) is 0 Å². The number of anilines is 2. The maximum atomic E-state index is 8.69. The summed E-state index contributed by atoms with van der Waals surface area (Å²) < 4.78 is 1.07. The Hall–Kier alpha value is -2.54. The Labute approximate surface area is 150 Å². The summed E-state index contributed by atoms with van der Waals surface area (Å²) >= 11 is 1.63. The van der Waals surface area contributed by atoms with Crippen molar-refractivity contribution >= 4 is 38.9 Å². The highest BCUT2D eigenvalue weighted by atomic mass is 32.1. The van der Waals surface area contributed by atoms with Gasteiger partial charge in [-0.3, -0.25) is 5.41 Å². The second kappa shape index (κ2) is 6.40. The topological polar surface area (TPSA) is 101 Å². The molecule has 0 atom stereocenters. The largest absolute Gasteiger partial charge is 0.383 e. The molecule has 1 aliphatic carbocycles. The minimum atomic E-state index is 0.334. The van der Waals surface area contributed by atoms with Crippen molar-refractivity contribution in [2.24, 2.45) is 0 Å². The van der Waals surface area contributed by atoms with Gasteiger partial charge in [-0.05, 0) is 31.9 Å². The maximum absolute atomic E-state index is 8.69. The number of nitrogens with two attached hydrogens (primary N) is 1. The third-order valence-corrected chi connectivity index (χ3v) is 5.54. The number of nitrogens with one attached hydrogen (secondary N) is 2. The van der Waals surface area contributed by atoms with E-state index in [1.807, 2.05) is 25.1 Å². The Balaban J connectivity index is 1.72. The maximum Gasteiger partial charge on any atom is 0.141 e. The quantitative estimate of drug-likeness (QED) is 0.621. The predicted molar refractivity (Wildman–Crippen MR) is 103 cm³/mol. The molecule has 2 heterocycles. The van der Waals surface area contributed by atoms with Crippen molar-refractivity contribution in [3.05, 3.63) is 40.7 Å². The summed E-state index contributed by atoms with van der Waals surface area (Å²) in [6.45, 7) is 1.99. The van der Waals surface area contributed by atoms with Gasteiger partial charge in [-0.25, -0.2) is 15.0 Å². The van der Waals surface area contributed by atoms with Crippen LogP contribution < -0.4 is 11.1 Å². The number of fused-ring (bicyclic) bond motifs is 1. The van der Waals surface area contributed by atoms with Crippen LogP contribution in [0.2, 0.25) is 0 Å². The van der Waals surface area contributed by atoms with E-state index >= 15 is 0 Å². The number of hydrogen-bond acceptors (Lipinski definition) is 7. The van der Waals surface area contributed by atoms with E-state index in [1.165, 1.54) is 19.2 Å². The number of aryl methyl sites for hydroxylation is 1. The summed E-state index contributed by atoms with van der Waals surface area (Å²) in [5, 5.41) is 13.2. The lowest BCUT2D eigenvalue weighted by Crippen LogP contribution is -2.20. The fourth-order valence-corrected chi connectivity index (χ4v) is 4.22. The van der Waals surface area contributed by atoms with Crippen LogP contribution in [0.3, 0.4) is 0 Å². The minimum Gasteiger partial charge on any atom is -0.383 e. The van der Waals surface area contributed by atoms with E-state index in [4.69, 9.17) is 11.1 Å². The van der Waals surface area contributed by atoms with Gasteiger partial charge in [0.1, 0.15) is 18.0 Å². The molecular formula is C18H20N6S. The fraction of sp³-hybridized carbons (Fsp3) is 0.333. The average molecular weight is 352 g/mol. The number of aromatic nitrogens is 3. The zero-order valence-corrected chi connectivity index (χ0v) is 14.9. The van der Waals surface area contributed by atoms with Crippen molar-refractivity contribution in [2.75, 3.05) is 11.1 Å². The smallest absolute Gasteiger partial charge is 0.141 e. The highest BCUT2D eigenvalue weighted by Crippen LogP contribution is 2.28. The second-order valence-corrected chi connectivity index (χ2v) is 7.63. The van der Waals surface area contributed by atoms with Crippen LogP contribution >= 0.6 is 11.3 Å². The molecule has 0 spiro atoms. The normalized spacial score (nSPS) is 14.9. The van der Waals surface area contributed by atoms with Crippen LogP contribution in [0, 0.1) is 12.3 Å². The van der Waals surface area contributed by atoms with Gasteiger partial charge in [-0.1, -0.05) is 18.9 Å². The lowest BCUT2D eigenvalue weighted by atomic mass is 10.0. The van der Waals surface area contributed by atoms with Gasteiger partial charge in [0.15, 0.2) is 0 Å². The summed E-state index contributed by atoms with van der Waals surface area (Å²) in [7, 11) is 0. The van der Waals surface area contributed by atoms with E-state index in [9.17, 15) is 0 Å². The van der Waals surface area contributed by atoms with E-state index < -0.39 is 0 Å². The molecule has 0 bridgehead atoms. The monoisotopic (exact) mass is 352 g/mol. The van der Waals surface area contributed by atoms with Gasteiger partial charge in [0, 0.05) is 11.6 Å². The third-order valence-electron chi connectivity index (χ3n) is 4.61. The first kappa shape index (κ1) is 16.0. The molecular weight excluding hydrogens is 332 g/mol. The van der Waals surface area contributed by atoms with Crippen LogP contribution in [-0.4, -0.2) is 26.7 Å². The summed E-state index contributed by atoms with van der Waals surface area (Å²) in [6, 6.07) is 6.25. The molecule has 1 aliphatic rings. The molecule has 1 aromatic carbocycles. The van der Waals surface area contributed by atoms with E-state index in [-0.39, 0.29) is 0 Å². The number of hydrogen-bond donors (Lipinski definition) is 3. The van der Waals surface area contributed by atoms with Crippen molar-refractivity contribution in [1.82, 2.24) is 15.0 Å². The first-order valence-corrected chi connectivity index (χ1v) is 9.27. The molecule has 1 fully saturated rings. The molecule has 0 unspecified atom stereocenters. The molecule has 2 aromatic heterocycles. The average Bonchev–Trinajstić information content (AvgIpc) is 3.22. The number of thiazole rings is 1. The molecule has 4 N–H and O–H groups in total. The van der Waals surface area contributed by atoms with Crippen molar-refractivity contribution < 1.29 is 0 Å². The summed E-state index contributed by atoms with van der Waals surface area (Å²) in [5.41, 5.74) is 8.78. The van der Waals surface area contributed by atoms with Gasteiger partial charge in [0.05, 0.1) is 26.5 Å². The highest BCUT2D eigenvalue weighted by molar-refractivity contribution is 7.18. The molecule has 128 valence electrons. The van der Waals surface area contributed by atoms with Crippen molar-refractivity contribution in [1.29, 1.82) is 5.41 Å². The summed E-state index contributed by atoms with van der Waals surface area (Å²) in [4.78, 5) is 12.9. The van der Waals surface area contributed by atoms with E-state index in [0.717, 1.165) is 33.6 Å². The molecule has 0 saturated heterocycles. The first-order valence-electron chi connectivity index (χ1n) is 8.45. The lowest BCUT2D eigenvalue weighted by molar-refractivity contribution is 0.749. The van der Waals surface area contributed by atoms with Gasteiger partial charge in [-0.15, -0.1) is 11.3 Å². The second-order valence-electron chi connectivity index (χ2n) is 6.40. The molecule has 0 amide bonds. The standard InChI is InChI=1S/C18H20N6S/c1-10-23-13-7-6-11(8-14(13)25-10)16(19)15-17(20)21-9-22-18(15)24-12-4-2-3-5-12/h6-9,12,19H,2-5H2,1H3,(H3,20,21,22,24). The van der Waals surface area contributed by atoms with Crippen LogP contribution in [0.1, 0.15) is 41.8 Å². The van der Waals surface area contributed by atoms with Gasteiger partial charge in [0.2, 0.25) is 0 Å². The van der Waals surface area contributed by atoms with Crippen LogP contribution in [0.4, 0.5) is 11.6 Å². The Morgan fingerprint density at radius 1 is 1.28 bits per heavy atom. The van der Waals surface area contributed by atoms with E-state index in [2.05, 4.69) is 20.3 Å². The Morgan fingerprint density at radius 2 is 2.08 bits per heavy atom. The summed E-state index contributed by atoms with van der Waals surface area (Å²) in [6.07, 6.45) is 6.17. The number of nitrogen functional groups attached to an aromatic ring is 1. The third kappa shape index (κ3) is 3.07. The minimum absolute atomic E-state index is 0.334. The predicted octanol–water partition coefficient (Wildman–Crippen LogP) is 3.75. The van der Waals surface area contributed by atoms with Crippen molar-refractivity contribution in [2.45, 2.75) is 38.6 Å². The molecule has 0 aliphatic heterocycles. The molecule has 3 aromatic rings. The Kier molecular flexibility index (Phi) is 4.09. The number of benzene rings is 1. The first-order chi connectivity index (χ1) is 12.1. The van der Waals surface area contributed by atoms with Crippen LogP contribution in [-0.2, 0) is 0 Å². The van der Waals surface area contributed by atoms with E-state index in [1.54, 1.807) is 11.3 Å². The highest BCUT2D eigenvalue weighted by Gasteiger charge is 2.21.